The average molecular weight is 177 g/mol. The van der Waals surface area contributed by atoms with Crippen molar-refractivity contribution in [2.45, 2.75) is 39.0 Å². The molecule has 0 saturated carbocycles. The van der Waals surface area contributed by atoms with E-state index in [2.05, 4.69) is 22.5 Å². The number of nitrogens with zero attached hydrogens (tertiary/aromatic N) is 1. The van der Waals surface area contributed by atoms with Crippen LogP contribution in [0.4, 0.5) is 0 Å². The summed E-state index contributed by atoms with van der Waals surface area (Å²) < 4.78 is 4.00. The van der Waals surface area contributed by atoms with Crippen molar-refractivity contribution in [2.24, 2.45) is 4.36 Å². The lowest BCUT2D eigenvalue weighted by molar-refractivity contribution is 0.640. The first-order chi connectivity index (χ1) is 4.91. The molecule has 0 heterocycles. The highest BCUT2D eigenvalue weighted by molar-refractivity contribution is 8.12. The predicted molar refractivity (Wildman–Crippen MR) is 50.8 cm³/mol. The molecule has 0 fully saturated rings. The van der Waals surface area contributed by atoms with Gasteiger partial charge in [-0.3, -0.25) is 0 Å². The van der Waals surface area contributed by atoms with Crippen LogP contribution in [0.5, 0.6) is 0 Å². The Balaban J connectivity index is 2.83. The Morgan fingerprint density at radius 2 is 1.90 bits per heavy atom. The van der Waals surface area contributed by atoms with Crippen LogP contribution in [0.15, 0.2) is 4.36 Å². The van der Waals surface area contributed by atoms with Gasteiger partial charge < -0.3 is 0 Å². The fraction of sp³-hybridized carbons (Fsp3) is 1.00. The molecule has 0 aliphatic rings. The summed E-state index contributed by atoms with van der Waals surface area (Å²) in [6.45, 7) is 3.17. The van der Waals surface area contributed by atoms with Crippen LogP contribution >= 0.6 is 0 Å². The second kappa shape index (κ2) is 9.24. The fourth-order valence-electron chi connectivity index (χ4n) is 0.817. The van der Waals surface area contributed by atoms with Crippen molar-refractivity contribution in [3.05, 3.63) is 0 Å². The van der Waals surface area contributed by atoms with Gasteiger partial charge in [0.05, 0.1) is 6.54 Å². The van der Waals surface area contributed by atoms with E-state index in [1.165, 1.54) is 42.2 Å². The van der Waals surface area contributed by atoms with E-state index < -0.39 is 0 Å². The lowest BCUT2D eigenvalue weighted by Gasteiger charge is -1.93. The molecular weight excluding hydrogens is 162 g/mol. The van der Waals surface area contributed by atoms with Gasteiger partial charge in [-0.05, 0) is 6.42 Å². The van der Waals surface area contributed by atoms with Crippen LogP contribution in [-0.2, 0) is 21.3 Å². The third-order valence-electron chi connectivity index (χ3n) is 1.41. The van der Waals surface area contributed by atoms with E-state index in [-0.39, 0.29) is 0 Å². The summed E-state index contributed by atoms with van der Waals surface area (Å²) in [5, 5.41) is 0. The molecule has 1 nitrogen and oxygen atoms in total. The van der Waals surface area contributed by atoms with E-state index in [0.29, 0.717) is 0 Å². The first-order valence-corrected chi connectivity index (χ1v) is 5.57. The zero-order valence-electron chi connectivity index (χ0n) is 6.51. The van der Waals surface area contributed by atoms with Gasteiger partial charge >= 0.3 is 0 Å². The molecule has 0 aromatic rings. The highest BCUT2D eigenvalue weighted by Gasteiger charge is 1.85. The van der Waals surface area contributed by atoms with Crippen LogP contribution in [0.3, 0.4) is 0 Å². The van der Waals surface area contributed by atoms with Gasteiger partial charge in [-0.15, -0.1) is 0 Å². The zero-order valence-corrected chi connectivity index (χ0v) is 8.14. The third kappa shape index (κ3) is 8.24. The van der Waals surface area contributed by atoms with E-state index >= 15 is 0 Å². The Kier molecular flexibility index (Phi) is 9.46. The van der Waals surface area contributed by atoms with Gasteiger partial charge in [0.2, 0.25) is 0 Å². The summed E-state index contributed by atoms with van der Waals surface area (Å²) in [4.78, 5) is 0. The highest BCUT2D eigenvalue weighted by Crippen LogP contribution is 2.01. The van der Waals surface area contributed by atoms with Crippen LogP contribution < -0.4 is 0 Å². The smallest absolute Gasteiger partial charge is 0.0520 e. The molecule has 0 spiro atoms. The molecule has 10 heavy (non-hydrogen) atoms. The molecule has 3 heteroatoms. The van der Waals surface area contributed by atoms with E-state index in [1.54, 1.807) is 0 Å². The molecule has 60 valence electrons. The van der Waals surface area contributed by atoms with Gasteiger partial charge in [-0.25, -0.2) is 4.36 Å². The predicted octanol–water partition coefficient (Wildman–Crippen LogP) is 2.68. The van der Waals surface area contributed by atoms with Gasteiger partial charge in [0, 0.05) is 21.3 Å². The maximum atomic E-state index is 4.60. The summed E-state index contributed by atoms with van der Waals surface area (Å²) in [7, 11) is 1.17. The summed E-state index contributed by atoms with van der Waals surface area (Å²) >= 11 is 4.60. The lowest BCUT2D eigenvalue weighted by Crippen LogP contribution is -1.80. The maximum absolute atomic E-state index is 4.60. The molecule has 0 atom stereocenters. The summed E-state index contributed by atoms with van der Waals surface area (Å²) in [6.07, 6.45) is 6.55. The highest BCUT2D eigenvalue weighted by atomic mass is 32.8. The Labute approximate surface area is 71.6 Å². The van der Waals surface area contributed by atoms with E-state index in [4.69, 9.17) is 0 Å². The van der Waals surface area contributed by atoms with E-state index in [0.717, 1.165) is 6.54 Å². The summed E-state index contributed by atoms with van der Waals surface area (Å²) in [5.74, 6) is 0. The van der Waals surface area contributed by atoms with Crippen molar-refractivity contribution in [1.82, 2.24) is 0 Å². The molecule has 0 aliphatic heterocycles. The summed E-state index contributed by atoms with van der Waals surface area (Å²) in [5.41, 5.74) is 0. The Bertz CT molecular complexity index is 108. The van der Waals surface area contributed by atoms with Crippen LogP contribution in [-0.4, -0.2) is 6.54 Å². The molecule has 0 bridgehead atoms. The van der Waals surface area contributed by atoms with Crippen LogP contribution in [0.2, 0.25) is 0 Å². The standard InChI is InChI=1S/C7H15NS2/c1-2-3-4-5-6-7-8-10-9/h2-7H2,1H3. The fourth-order valence-corrected chi connectivity index (χ4v) is 1.24. The SMILES string of the molecule is CCCCCCCN=S=S. The zero-order chi connectivity index (χ0) is 7.66. The molecule has 0 unspecified atom stereocenters. The monoisotopic (exact) mass is 177 g/mol. The van der Waals surface area contributed by atoms with Crippen LogP contribution in [0, 0.1) is 0 Å². The van der Waals surface area contributed by atoms with Gasteiger partial charge in [-0.2, -0.15) is 0 Å². The minimum Gasteiger partial charge on any atom is -0.220 e. The van der Waals surface area contributed by atoms with Crippen molar-refractivity contribution in [2.75, 3.05) is 6.54 Å². The topological polar surface area (TPSA) is 12.4 Å². The normalized spacial score (nSPS) is 9.30. The first kappa shape index (κ1) is 10.2. The molecule has 0 amide bonds. The number of hydrogen-bond acceptors (Lipinski definition) is 2. The molecule has 0 saturated heterocycles. The lowest BCUT2D eigenvalue weighted by atomic mass is 10.2. The van der Waals surface area contributed by atoms with Crippen molar-refractivity contribution in [3.8, 4) is 0 Å². The number of unbranched alkanes of at least 4 members (excludes halogenated alkanes) is 4. The van der Waals surface area contributed by atoms with Crippen molar-refractivity contribution < 1.29 is 0 Å². The van der Waals surface area contributed by atoms with Crippen LogP contribution in [0.25, 0.3) is 0 Å². The van der Waals surface area contributed by atoms with E-state index in [9.17, 15) is 0 Å². The molecule has 0 aromatic carbocycles. The number of hydrogen-bond donors (Lipinski definition) is 0. The molecular formula is C7H15NS2. The maximum Gasteiger partial charge on any atom is 0.0520 e. The summed E-state index contributed by atoms with van der Waals surface area (Å²) in [6, 6.07) is 0. The van der Waals surface area contributed by atoms with Gasteiger partial charge in [0.1, 0.15) is 0 Å². The Morgan fingerprint density at radius 1 is 1.20 bits per heavy atom. The minimum absolute atomic E-state index is 0.942. The quantitative estimate of drug-likeness (QED) is 0.568. The molecule has 0 aliphatic carbocycles. The third-order valence-corrected chi connectivity index (χ3v) is 2.01. The first-order valence-electron chi connectivity index (χ1n) is 3.87. The van der Waals surface area contributed by atoms with Gasteiger partial charge in [0.25, 0.3) is 0 Å². The van der Waals surface area contributed by atoms with Crippen molar-refractivity contribution in [1.29, 1.82) is 0 Å². The second-order valence-corrected chi connectivity index (χ2v) is 3.20. The van der Waals surface area contributed by atoms with Crippen LogP contribution in [0.1, 0.15) is 39.0 Å². The molecule has 0 radical (unpaired) electrons. The molecule has 0 aromatic heterocycles. The van der Waals surface area contributed by atoms with Crippen molar-refractivity contribution >= 4 is 21.3 Å². The molecule has 0 N–H and O–H groups in total. The largest absolute Gasteiger partial charge is 0.220 e. The molecule has 0 rings (SSSR count). The Hall–Kier alpha value is 0.240. The van der Waals surface area contributed by atoms with Crippen molar-refractivity contribution in [3.63, 3.8) is 0 Å². The average Bonchev–Trinajstić information content (AvgIpc) is 1.97. The van der Waals surface area contributed by atoms with Gasteiger partial charge in [0.15, 0.2) is 0 Å². The van der Waals surface area contributed by atoms with E-state index in [1.807, 2.05) is 0 Å². The number of rotatable bonds is 6. The van der Waals surface area contributed by atoms with Gasteiger partial charge in [-0.1, -0.05) is 32.6 Å². The second-order valence-electron chi connectivity index (χ2n) is 2.34. The Morgan fingerprint density at radius 3 is 2.50 bits per heavy atom. The minimum atomic E-state index is 0.942.